The summed E-state index contributed by atoms with van der Waals surface area (Å²) in [6.45, 7) is 0. The SMILES string of the molecule is NC(N)=N/N=C(\C(=N\N=C(N)N)c1ccccc1)c1ccccc1. The number of hydrogen-bond acceptors (Lipinski definition) is 4. The molecule has 0 radical (unpaired) electrons. The fourth-order valence-electron chi connectivity index (χ4n) is 1.89. The molecule has 0 aliphatic carbocycles. The minimum atomic E-state index is -0.169. The highest BCUT2D eigenvalue weighted by molar-refractivity contribution is 6.53. The molecule has 0 amide bonds. The summed E-state index contributed by atoms with van der Waals surface area (Å²) in [5.41, 5.74) is 24.0. The fraction of sp³-hybridized carbons (Fsp3) is 0. The lowest BCUT2D eigenvalue weighted by molar-refractivity contribution is 1.19. The predicted molar refractivity (Wildman–Crippen MR) is 97.6 cm³/mol. The maximum Gasteiger partial charge on any atom is 0.211 e. The summed E-state index contributed by atoms with van der Waals surface area (Å²) in [6.07, 6.45) is 0. The van der Waals surface area contributed by atoms with Gasteiger partial charge < -0.3 is 22.9 Å². The third-order valence-corrected chi connectivity index (χ3v) is 2.85. The van der Waals surface area contributed by atoms with Gasteiger partial charge in [-0.25, -0.2) is 0 Å². The van der Waals surface area contributed by atoms with Crippen LogP contribution in [0.15, 0.2) is 81.1 Å². The third kappa shape index (κ3) is 4.67. The Labute approximate surface area is 139 Å². The summed E-state index contributed by atoms with van der Waals surface area (Å²) in [6, 6.07) is 18.7. The van der Waals surface area contributed by atoms with Crippen molar-refractivity contribution in [3.05, 3.63) is 71.8 Å². The molecule has 0 heterocycles. The van der Waals surface area contributed by atoms with Crippen molar-refractivity contribution in [2.24, 2.45) is 43.3 Å². The first-order chi connectivity index (χ1) is 11.6. The number of nitrogens with two attached hydrogens (primary N) is 4. The molecule has 0 bridgehead atoms. The van der Waals surface area contributed by atoms with E-state index in [2.05, 4.69) is 20.4 Å². The smallest absolute Gasteiger partial charge is 0.211 e. The van der Waals surface area contributed by atoms with E-state index in [1.165, 1.54) is 0 Å². The Morgan fingerprint density at radius 1 is 0.500 bits per heavy atom. The zero-order valence-electron chi connectivity index (χ0n) is 12.9. The Balaban J connectivity index is 2.66. The molecule has 0 aliphatic heterocycles. The van der Waals surface area contributed by atoms with Gasteiger partial charge in [0, 0.05) is 11.1 Å². The Bertz CT molecular complexity index is 714. The lowest BCUT2D eigenvalue weighted by Crippen LogP contribution is -2.24. The van der Waals surface area contributed by atoms with Crippen LogP contribution in [0.5, 0.6) is 0 Å². The summed E-state index contributed by atoms with van der Waals surface area (Å²) < 4.78 is 0. The Hall–Kier alpha value is -3.68. The van der Waals surface area contributed by atoms with Crippen molar-refractivity contribution in [2.45, 2.75) is 0 Å². The molecule has 0 spiro atoms. The number of rotatable bonds is 5. The molecule has 0 aliphatic rings. The average molecular weight is 322 g/mol. The highest BCUT2D eigenvalue weighted by atomic mass is 15.3. The molecule has 24 heavy (non-hydrogen) atoms. The van der Waals surface area contributed by atoms with Crippen molar-refractivity contribution in [3.8, 4) is 0 Å². The van der Waals surface area contributed by atoms with Gasteiger partial charge in [0.25, 0.3) is 0 Å². The number of hydrogen-bond donors (Lipinski definition) is 4. The van der Waals surface area contributed by atoms with Gasteiger partial charge in [-0.1, -0.05) is 60.7 Å². The van der Waals surface area contributed by atoms with Crippen LogP contribution in [0.1, 0.15) is 11.1 Å². The molecule has 8 heteroatoms. The van der Waals surface area contributed by atoms with Gasteiger partial charge in [-0.05, 0) is 0 Å². The molecule has 8 nitrogen and oxygen atoms in total. The molecule has 2 rings (SSSR count). The molecule has 0 aromatic heterocycles. The second-order valence-electron chi connectivity index (χ2n) is 4.68. The zero-order chi connectivity index (χ0) is 17.4. The van der Waals surface area contributed by atoms with Crippen LogP contribution in [-0.4, -0.2) is 23.3 Å². The van der Waals surface area contributed by atoms with Gasteiger partial charge in [-0.3, -0.25) is 0 Å². The van der Waals surface area contributed by atoms with Crippen LogP contribution < -0.4 is 22.9 Å². The van der Waals surface area contributed by atoms with Crippen LogP contribution in [0, 0.1) is 0 Å². The van der Waals surface area contributed by atoms with Crippen molar-refractivity contribution >= 4 is 23.3 Å². The van der Waals surface area contributed by atoms with Crippen molar-refractivity contribution in [1.82, 2.24) is 0 Å². The van der Waals surface area contributed by atoms with Crippen LogP contribution in [0.3, 0.4) is 0 Å². The van der Waals surface area contributed by atoms with E-state index in [4.69, 9.17) is 22.9 Å². The van der Waals surface area contributed by atoms with E-state index >= 15 is 0 Å². The van der Waals surface area contributed by atoms with Gasteiger partial charge in [0.15, 0.2) is 0 Å². The van der Waals surface area contributed by atoms with E-state index in [0.29, 0.717) is 11.4 Å². The molecular formula is C16H18N8. The van der Waals surface area contributed by atoms with Gasteiger partial charge >= 0.3 is 0 Å². The molecule has 122 valence electrons. The quantitative estimate of drug-likeness (QED) is 0.356. The minimum Gasteiger partial charge on any atom is -0.369 e. The second-order valence-corrected chi connectivity index (χ2v) is 4.68. The second kappa shape index (κ2) is 8.08. The van der Waals surface area contributed by atoms with Crippen LogP contribution in [0.4, 0.5) is 0 Å². The monoisotopic (exact) mass is 322 g/mol. The summed E-state index contributed by atoms with van der Waals surface area (Å²) in [7, 11) is 0. The Morgan fingerprint density at radius 3 is 1.12 bits per heavy atom. The van der Waals surface area contributed by atoms with Gasteiger partial charge in [-0.15, -0.1) is 20.4 Å². The van der Waals surface area contributed by atoms with E-state index in [-0.39, 0.29) is 11.9 Å². The zero-order valence-corrected chi connectivity index (χ0v) is 12.9. The summed E-state index contributed by atoms with van der Waals surface area (Å²) in [5.74, 6) is -0.338. The van der Waals surface area contributed by atoms with E-state index in [1.54, 1.807) is 0 Å². The van der Waals surface area contributed by atoms with Crippen LogP contribution >= 0.6 is 0 Å². The normalized spacial score (nSPS) is 11.7. The van der Waals surface area contributed by atoms with Gasteiger partial charge in [0.05, 0.1) is 0 Å². The van der Waals surface area contributed by atoms with Gasteiger partial charge in [0.1, 0.15) is 11.4 Å². The largest absolute Gasteiger partial charge is 0.369 e. The lowest BCUT2D eigenvalue weighted by Gasteiger charge is -2.08. The van der Waals surface area contributed by atoms with Gasteiger partial charge in [-0.2, -0.15) is 0 Å². The highest BCUT2D eigenvalue weighted by Crippen LogP contribution is 2.11. The standard InChI is InChI=1S/C16H18N8/c17-15(18)23-21-13(11-7-3-1-4-8-11)14(22-24-16(19)20)12-9-5-2-6-10-12/h1-10H,(H4,17,18,23)(H4,19,20,24)/b21-13-,22-14+. The molecule has 0 atom stereocenters. The van der Waals surface area contributed by atoms with E-state index in [9.17, 15) is 0 Å². The molecule has 0 unspecified atom stereocenters. The van der Waals surface area contributed by atoms with Crippen molar-refractivity contribution in [1.29, 1.82) is 0 Å². The molecule has 2 aromatic rings. The molecule has 2 aromatic carbocycles. The third-order valence-electron chi connectivity index (χ3n) is 2.85. The van der Waals surface area contributed by atoms with E-state index in [0.717, 1.165) is 11.1 Å². The highest BCUT2D eigenvalue weighted by Gasteiger charge is 2.15. The number of nitrogens with zero attached hydrogens (tertiary/aromatic N) is 4. The first-order valence-corrected chi connectivity index (χ1v) is 7.02. The maximum atomic E-state index is 5.39. The molecule has 8 N–H and O–H groups in total. The summed E-state index contributed by atoms with van der Waals surface area (Å²) >= 11 is 0. The van der Waals surface area contributed by atoms with Crippen molar-refractivity contribution in [2.75, 3.05) is 0 Å². The van der Waals surface area contributed by atoms with Crippen molar-refractivity contribution < 1.29 is 0 Å². The first-order valence-electron chi connectivity index (χ1n) is 7.02. The fourth-order valence-corrected chi connectivity index (χ4v) is 1.89. The topological polar surface area (TPSA) is 154 Å². The van der Waals surface area contributed by atoms with E-state index in [1.807, 2.05) is 60.7 Å². The first kappa shape index (κ1) is 16.7. The Kier molecular flexibility index (Phi) is 5.62. The van der Waals surface area contributed by atoms with Crippen LogP contribution in [-0.2, 0) is 0 Å². The van der Waals surface area contributed by atoms with Crippen molar-refractivity contribution in [3.63, 3.8) is 0 Å². The lowest BCUT2D eigenvalue weighted by atomic mass is 10.00. The molecular weight excluding hydrogens is 304 g/mol. The van der Waals surface area contributed by atoms with Crippen LogP contribution in [0.2, 0.25) is 0 Å². The summed E-state index contributed by atoms with van der Waals surface area (Å²) in [5, 5.41) is 15.7. The number of guanidine groups is 2. The molecule has 0 saturated heterocycles. The molecule has 0 saturated carbocycles. The maximum absolute atomic E-state index is 5.39. The predicted octanol–water partition coefficient (Wildman–Crippen LogP) is 0.342. The summed E-state index contributed by atoms with van der Waals surface area (Å²) in [4.78, 5) is 0. The number of benzene rings is 2. The van der Waals surface area contributed by atoms with E-state index < -0.39 is 0 Å². The average Bonchev–Trinajstić information content (AvgIpc) is 2.59. The Morgan fingerprint density at radius 2 is 0.833 bits per heavy atom. The molecule has 0 fully saturated rings. The van der Waals surface area contributed by atoms with Gasteiger partial charge in [0.2, 0.25) is 11.9 Å². The minimum absolute atomic E-state index is 0.169. The van der Waals surface area contributed by atoms with Crippen LogP contribution in [0.25, 0.3) is 0 Å².